The Labute approximate surface area is 201 Å². The summed E-state index contributed by atoms with van der Waals surface area (Å²) in [5, 5.41) is -0.367. The molecule has 4 nitrogen and oxygen atoms in total. The lowest BCUT2D eigenvalue weighted by Crippen LogP contribution is -2.27. The van der Waals surface area contributed by atoms with Crippen molar-refractivity contribution < 1.29 is 22.8 Å². The second-order valence-corrected chi connectivity index (χ2v) is 9.42. The standard InChI is InChI=1S/C24H18BrF3N2O2S/c1-14-10-17(15(2)30(14)19-8-5-7-18(12-19)24(26,27)28)11-21-22(31)29(23(32)33-21)13-16-6-3-4-9-20(16)25/h3-12H,13H2,1-2H3/b21-11-. The van der Waals surface area contributed by atoms with Gasteiger partial charge >= 0.3 is 6.18 Å². The Bertz CT molecular complexity index is 1300. The van der Waals surface area contributed by atoms with Crippen molar-refractivity contribution in [3.8, 4) is 5.69 Å². The highest BCUT2D eigenvalue weighted by molar-refractivity contribution is 9.10. The van der Waals surface area contributed by atoms with E-state index >= 15 is 0 Å². The number of halogens is 4. The molecule has 1 aliphatic rings. The molecule has 0 aliphatic carbocycles. The summed E-state index contributed by atoms with van der Waals surface area (Å²) < 4.78 is 42.0. The number of aryl methyl sites for hydroxylation is 1. The van der Waals surface area contributed by atoms with E-state index in [1.165, 1.54) is 11.0 Å². The van der Waals surface area contributed by atoms with Gasteiger partial charge in [0.2, 0.25) is 0 Å². The molecule has 0 atom stereocenters. The van der Waals surface area contributed by atoms with Crippen molar-refractivity contribution >= 4 is 44.9 Å². The van der Waals surface area contributed by atoms with Crippen LogP contribution in [0.5, 0.6) is 0 Å². The fourth-order valence-corrected chi connectivity index (χ4v) is 4.97. The van der Waals surface area contributed by atoms with Gasteiger partial charge in [-0.15, -0.1) is 0 Å². The third-order valence-corrected chi connectivity index (χ3v) is 7.03. The van der Waals surface area contributed by atoms with Crippen LogP contribution < -0.4 is 0 Å². The van der Waals surface area contributed by atoms with Crippen molar-refractivity contribution in [1.29, 1.82) is 0 Å². The Hall–Kier alpha value is -2.78. The molecule has 0 spiro atoms. The third-order valence-electron chi connectivity index (χ3n) is 5.35. The van der Waals surface area contributed by atoms with Gasteiger partial charge in [-0.05, 0) is 73.1 Å². The van der Waals surface area contributed by atoms with Crippen LogP contribution in [0.3, 0.4) is 0 Å². The molecule has 2 amide bonds. The number of rotatable bonds is 4. The molecule has 0 bridgehead atoms. The quantitative estimate of drug-likeness (QED) is 0.335. The van der Waals surface area contributed by atoms with E-state index in [4.69, 9.17) is 0 Å². The number of nitrogens with zero attached hydrogens (tertiary/aromatic N) is 2. The zero-order chi connectivity index (χ0) is 23.9. The van der Waals surface area contributed by atoms with Gasteiger partial charge in [-0.1, -0.05) is 40.2 Å². The molecule has 0 saturated carbocycles. The summed E-state index contributed by atoms with van der Waals surface area (Å²) >= 11 is 4.28. The highest BCUT2D eigenvalue weighted by Crippen LogP contribution is 2.36. The number of carbonyl (C=O) groups excluding carboxylic acids is 2. The Kier molecular flexibility index (Phi) is 6.28. The van der Waals surface area contributed by atoms with E-state index in [-0.39, 0.29) is 16.7 Å². The number of thioether (sulfide) groups is 1. The zero-order valence-corrected chi connectivity index (χ0v) is 20.0. The summed E-state index contributed by atoms with van der Waals surface area (Å²) in [6.07, 6.45) is -2.82. The normalized spacial score (nSPS) is 15.7. The number of hydrogen-bond donors (Lipinski definition) is 0. The maximum absolute atomic E-state index is 13.2. The van der Waals surface area contributed by atoms with Crippen LogP contribution in [0.4, 0.5) is 18.0 Å². The van der Waals surface area contributed by atoms with Gasteiger partial charge < -0.3 is 4.57 Å². The molecule has 0 radical (unpaired) electrons. The van der Waals surface area contributed by atoms with Gasteiger partial charge in [0.05, 0.1) is 17.0 Å². The lowest BCUT2D eigenvalue weighted by molar-refractivity contribution is -0.137. The lowest BCUT2D eigenvalue weighted by atomic mass is 10.2. The molecule has 2 aromatic carbocycles. The van der Waals surface area contributed by atoms with Crippen molar-refractivity contribution in [2.75, 3.05) is 0 Å². The molecule has 33 heavy (non-hydrogen) atoms. The van der Waals surface area contributed by atoms with E-state index in [0.29, 0.717) is 22.6 Å². The first-order valence-electron chi connectivity index (χ1n) is 9.91. The van der Waals surface area contributed by atoms with Crippen LogP contribution in [0.1, 0.15) is 28.1 Å². The summed E-state index contributed by atoms with van der Waals surface area (Å²) in [6, 6.07) is 14.2. The highest BCUT2D eigenvalue weighted by Gasteiger charge is 2.35. The smallest absolute Gasteiger partial charge is 0.318 e. The predicted molar refractivity (Wildman–Crippen MR) is 126 cm³/mol. The number of aromatic nitrogens is 1. The van der Waals surface area contributed by atoms with Gasteiger partial charge in [-0.2, -0.15) is 13.2 Å². The molecule has 9 heteroatoms. The molecule has 1 fully saturated rings. The van der Waals surface area contributed by atoms with Gasteiger partial charge in [-0.25, -0.2) is 0 Å². The van der Waals surface area contributed by atoms with Crippen LogP contribution in [0.2, 0.25) is 0 Å². The first-order chi connectivity index (χ1) is 15.6. The van der Waals surface area contributed by atoms with Crippen LogP contribution in [-0.4, -0.2) is 20.6 Å². The van der Waals surface area contributed by atoms with Gasteiger partial charge in [0, 0.05) is 21.5 Å². The molecule has 1 aromatic heterocycles. The molecular formula is C24H18BrF3N2O2S. The fraction of sp³-hybridized carbons (Fsp3) is 0.167. The fourth-order valence-electron chi connectivity index (χ4n) is 3.73. The Balaban J connectivity index is 1.65. The van der Waals surface area contributed by atoms with Crippen molar-refractivity contribution in [2.45, 2.75) is 26.6 Å². The number of hydrogen-bond acceptors (Lipinski definition) is 3. The number of benzene rings is 2. The van der Waals surface area contributed by atoms with Crippen LogP contribution in [0.25, 0.3) is 11.8 Å². The SMILES string of the molecule is Cc1cc(/C=C2\SC(=O)N(Cc3ccccc3Br)C2=O)c(C)n1-c1cccc(C(F)(F)F)c1. The van der Waals surface area contributed by atoms with E-state index in [2.05, 4.69) is 15.9 Å². The van der Waals surface area contributed by atoms with Crippen molar-refractivity contribution in [3.05, 3.63) is 92.1 Å². The molecular weight excluding hydrogens is 517 g/mol. The molecule has 170 valence electrons. The van der Waals surface area contributed by atoms with Gasteiger partial charge in [0.1, 0.15) is 0 Å². The first-order valence-corrected chi connectivity index (χ1v) is 11.5. The van der Waals surface area contributed by atoms with E-state index in [1.54, 1.807) is 36.6 Å². The van der Waals surface area contributed by atoms with Crippen LogP contribution in [0.15, 0.2) is 64.0 Å². The third kappa shape index (κ3) is 4.65. The number of alkyl halides is 3. The van der Waals surface area contributed by atoms with Gasteiger partial charge in [0.25, 0.3) is 11.1 Å². The summed E-state index contributed by atoms with van der Waals surface area (Å²) in [6.45, 7) is 3.69. The summed E-state index contributed by atoms with van der Waals surface area (Å²) in [7, 11) is 0. The minimum Gasteiger partial charge on any atom is -0.318 e. The van der Waals surface area contributed by atoms with Crippen LogP contribution in [0, 0.1) is 13.8 Å². The topological polar surface area (TPSA) is 42.3 Å². The average Bonchev–Trinajstić information content (AvgIpc) is 3.18. The van der Waals surface area contributed by atoms with Crippen molar-refractivity contribution in [3.63, 3.8) is 0 Å². The molecule has 0 unspecified atom stereocenters. The van der Waals surface area contributed by atoms with Crippen LogP contribution >= 0.6 is 27.7 Å². The predicted octanol–water partition coefficient (Wildman–Crippen LogP) is 7.11. The van der Waals surface area contributed by atoms with Crippen molar-refractivity contribution in [2.24, 2.45) is 0 Å². The molecule has 3 aromatic rings. The first kappa shape index (κ1) is 23.4. The highest BCUT2D eigenvalue weighted by atomic mass is 79.9. The summed E-state index contributed by atoms with van der Waals surface area (Å²) in [5.41, 5.74) is 2.50. The second kappa shape index (κ2) is 8.87. The van der Waals surface area contributed by atoms with E-state index in [0.717, 1.165) is 33.9 Å². The monoisotopic (exact) mass is 534 g/mol. The summed E-state index contributed by atoms with van der Waals surface area (Å²) in [4.78, 5) is 26.9. The lowest BCUT2D eigenvalue weighted by Gasteiger charge is -2.13. The van der Waals surface area contributed by atoms with Gasteiger partial charge in [-0.3, -0.25) is 14.5 Å². The molecule has 4 rings (SSSR count). The van der Waals surface area contributed by atoms with Crippen LogP contribution in [-0.2, 0) is 17.5 Å². The zero-order valence-electron chi connectivity index (χ0n) is 17.6. The Morgan fingerprint density at radius 2 is 1.76 bits per heavy atom. The van der Waals surface area contributed by atoms with Gasteiger partial charge in [0.15, 0.2) is 0 Å². The second-order valence-electron chi connectivity index (χ2n) is 7.57. The minimum atomic E-state index is -4.44. The molecule has 1 aliphatic heterocycles. The maximum atomic E-state index is 13.2. The minimum absolute atomic E-state index is 0.146. The molecule has 0 N–H and O–H groups in total. The molecule has 2 heterocycles. The summed E-state index contributed by atoms with van der Waals surface area (Å²) in [5.74, 6) is -0.398. The number of amides is 2. The van der Waals surface area contributed by atoms with E-state index in [1.807, 2.05) is 24.3 Å². The van der Waals surface area contributed by atoms with E-state index in [9.17, 15) is 22.8 Å². The van der Waals surface area contributed by atoms with E-state index < -0.39 is 17.6 Å². The molecule has 1 saturated heterocycles. The average molecular weight is 535 g/mol. The number of imide groups is 1. The van der Waals surface area contributed by atoms with Crippen molar-refractivity contribution in [1.82, 2.24) is 9.47 Å². The number of carbonyl (C=O) groups is 2. The maximum Gasteiger partial charge on any atom is 0.416 e. The largest absolute Gasteiger partial charge is 0.416 e. The Morgan fingerprint density at radius 3 is 2.45 bits per heavy atom. The Morgan fingerprint density at radius 1 is 1.03 bits per heavy atom.